The lowest BCUT2D eigenvalue weighted by atomic mass is 10.1. The van der Waals surface area contributed by atoms with Crippen LogP contribution in [-0.2, 0) is 6.54 Å². The molecule has 0 aliphatic heterocycles. The molecule has 0 fully saturated rings. The van der Waals surface area contributed by atoms with Crippen molar-refractivity contribution in [2.24, 2.45) is 0 Å². The zero-order valence-corrected chi connectivity index (χ0v) is 12.2. The van der Waals surface area contributed by atoms with E-state index in [0.29, 0.717) is 17.3 Å². The van der Waals surface area contributed by atoms with Crippen molar-refractivity contribution in [2.45, 2.75) is 26.3 Å². The highest BCUT2D eigenvalue weighted by molar-refractivity contribution is 6.29. The first kappa shape index (κ1) is 14.5. The van der Waals surface area contributed by atoms with Crippen LogP contribution in [0.1, 0.15) is 41.4 Å². The van der Waals surface area contributed by atoms with Gasteiger partial charge in [0.15, 0.2) is 0 Å². The van der Waals surface area contributed by atoms with Crippen LogP contribution in [0, 0.1) is 0 Å². The minimum atomic E-state index is -0.159. The largest absolute Gasteiger partial charge is 0.348 e. The summed E-state index contributed by atoms with van der Waals surface area (Å²) >= 11 is 5.96. The number of nitrogens with one attached hydrogen (secondary N) is 1. The Bertz CT molecular complexity index is 599. The summed E-state index contributed by atoms with van der Waals surface area (Å²) in [7, 11) is 0. The maximum absolute atomic E-state index is 12.1. The molecule has 0 aliphatic rings. The molecule has 0 radical (unpaired) electrons. The Morgan fingerprint density at radius 2 is 2.00 bits per heavy atom. The topological polar surface area (TPSA) is 54.9 Å². The van der Waals surface area contributed by atoms with Crippen molar-refractivity contribution >= 4 is 17.5 Å². The molecule has 0 saturated heterocycles. The number of halogens is 1. The first-order valence-electron chi connectivity index (χ1n) is 6.41. The van der Waals surface area contributed by atoms with Gasteiger partial charge in [0.25, 0.3) is 5.91 Å². The van der Waals surface area contributed by atoms with Gasteiger partial charge in [0.05, 0.1) is 0 Å². The molecule has 1 N–H and O–H groups in total. The summed E-state index contributed by atoms with van der Waals surface area (Å²) in [6, 6.07) is 7.08. The third-order valence-electron chi connectivity index (χ3n) is 2.87. The molecular weight excluding hydrogens is 274 g/mol. The van der Waals surface area contributed by atoms with E-state index in [2.05, 4.69) is 15.3 Å². The van der Waals surface area contributed by atoms with Crippen molar-refractivity contribution in [1.82, 2.24) is 15.3 Å². The SMILES string of the molecule is CC(C)c1cc(C(=O)NCc2ccncc2)cc(Cl)n1. The molecule has 20 heavy (non-hydrogen) atoms. The first-order chi connectivity index (χ1) is 9.56. The molecule has 2 rings (SSSR count). The average Bonchev–Trinajstić information content (AvgIpc) is 2.45. The molecule has 0 bridgehead atoms. The van der Waals surface area contributed by atoms with Crippen LogP contribution in [0.4, 0.5) is 0 Å². The molecule has 5 heteroatoms. The molecular formula is C15H16ClN3O. The quantitative estimate of drug-likeness (QED) is 0.880. The van der Waals surface area contributed by atoms with Crippen molar-refractivity contribution in [3.63, 3.8) is 0 Å². The summed E-state index contributed by atoms with van der Waals surface area (Å²) < 4.78 is 0. The fraction of sp³-hybridized carbons (Fsp3) is 0.267. The maximum atomic E-state index is 12.1. The minimum absolute atomic E-state index is 0.159. The molecule has 0 saturated carbocycles. The van der Waals surface area contributed by atoms with Crippen LogP contribution >= 0.6 is 11.6 Å². The molecule has 0 atom stereocenters. The van der Waals surface area contributed by atoms with Gasteiger partial charge >= 0.3 is 0 Å². The van der Waals surface area contributed by atoms with E-state index in [-0.39, 0.29) is 11.8 Å². The summed E-state index contributed by atoms with van der Waals surface area (Å²) in [6.07, 6.45) is 3.39. The number of carbonyl (C=O) groups excluding carboxylic acids is 1. The summed E-state index contributed by atoms with van der Waals surface area (Å²) in [4.78, 5) is 20.3. The van der Waals surface area contributed by atoms with Gasteiger partial charge < -0.3 is 5.32 Å². The number of hydrogen-bond donors (Lipinski definition) is 1. The Morgan fingerprint density at radius 1 is 1.30 bits per heavy atom. The standard InChI is InChI=1S/C15H16ClN3O/c1-10(2)13-7-12(8-14(16)19-13)15(20)18-9-11-3-5-17-6-4-11/h3-8,10H,9H2,1-2H3,(H,18,20). The van der Waals surface area contributed by atoms with Gasteiger partial charge in [-0.15, -0.1) is 0 Å². The van der Waals surface area contributed by atoms with Gasteiger partial charge in [-0.3, -0.25) is 9.78 Å². The fourth-order valence-electron chi connectivity index (χ4n) is 1.73. The smallest absolute Gasteiger partial charge is 0.251 e. The van der Waals surface area contributed by atoms with Crippen LogP contribution in [0.25, 0.3) is 0 Å². The monoisotopic (exact) mass is 289 g/mol. The van der Waals surface area contributed by atoms with Crippen LogP contribution in [0.3, 0.4) is 0 Å². The lowest BCUT2D eigenvalue weighted by molar-refractivity contribution is 0.0950. The molecule has 4 nitrogen and oxygen atoms in total. The molecule has 2 heterocycles. The van der Waals surface area contributed by atoms with Crippen molar-refractivity contribution in [1.29, 1.82) is 0 Å². The van der Waals surface area contributed by atoms with Gasteiger partial charge in [0.1, 0.15) is 5.15 Å². The van der Waals surface area contributed by atoms with Crippen LogP contribution in [0.2, 0.25) is 5.15 Å². The lowest BCUT2D eigenvalue weighted by Crippen LogP contribution is -2.23. The van der Waals surface area contributed by atoms with E-state index in [0.717, 1.165) is 11.3 Å². The number of carbonyl (C=O) groups is 1. The fourth-order valence-corrected chi connectivity index (χ4v) is 1.94. The molecule has 2 aromatic rings. The van der Waals surface area contributed by atoms with Crippen LogP contribution < -0.4 is 5.32 Å². The second kappa shape index (κ2) is 6.48. The molecule has 0 aliphatic carbocycles. The molecule has 0 unspecified atom stereocenters. The summed E-state index contributed by atoms with van der Waals surface area (Å²) in [5.41, 5.74) is 2.34. The molecule has 1 amide bonds. The zero-order chi connectivity index (χ0) is 14.5. The van der Waals surface area contributed by atoms with Gasteiger partial charge in [-0.25, -0.2) is 4.98 Å². The third-order valence-corrected chi connectivity index (χ3v) is 3.06. The molecule has 2 aromatic heterocycles. The Kier molecular flexibility index (Phi) is 4.69. The van der Waals surface area contributed by atoms with E-state index in [4.69, 9.17) is 11.6 Å². The van der Waals surface area contributed by atoms with E-state index >= 15 is 0 Å². The van der Waals surface area contributed by atoms with Gasteiger partial charge in [-0.2, -0.15) is 0 Å². The highest BCUT2D eigenvalue weighted by atomic mass is 35.5. The van der Waals surface area contributed by atoms with Gasteiger partial charge in [-0.1, -0.05) is 25.4 Å². The van der Waals surface area contributed by atoms with Gasteiger partial charge in [0.2, 0.25) is 0 Å². The number of hydrogen-bond acceptors (Lipinski definition) is 3. The summed E-state index contributed by atoms with van der Waals surface area (Å²) in [5, 5.41) is 3.19. The van der Waals surface area contributed by atoms with E-state index in [1.807, 2.05) is 26.0 Å². The van der Waals surface area contributed by atoms with Crippen LogP contribution in [0.5, 0.6) is 0 Å². The number of nitrogens with zero attached hydrogens (tertiary/aromatic N) is 2. The van der Waals surface area contributed by atoms with E-state index < -0.39 is 0 Å². The van der Waals surface area contributed by atoms with Crippen molar-refractivity contribution in [3.05, 3.63) is 58.6 Å². The third kappa shape index (κ3) is 3.78. The second-order valence-electron chi connectivity index (χ2n) is 4.80. The highest BCUT2D eigenvalue weighted by Crippen LogP contribution is 2.17. The van der Waals surface area contributed by atoms with E-state index in [9.17, 15) is 4.79 Å². The maximum Gasteiger partial charge on any atom is 0.251 e. The van der Waals surface area contributed by atoms with Gasteiger partial charge in [-0.05, 0) is 35.7 Å². The predicted octanol–water partition coefficient (Wildman–Crippen LogP) is 3.18. The Labute approximate surface area is 123 Å². The molecule has 104 valence electrons. The zero-order valence-electron chi connectivity index (χ0n) is 11.4. The van der Waals surface area contributed by atoms with Crippen molar-refractivity contribution in [2.75, 3.05) is 0 Å². The summed E-state index contributed by atoms with van der Waals surface area (Å²) in [6.45, 7) is 4.48. The lowest BCUT2D eigenvalue weighted by Gasteiger charge is -2.09. The van der Waals surface area contributed by atoms with Crippen molar-refractivity contribution in [3.8, 4) is 0 Å². The molecule has 0 spiro atoms. The number of rotatable bonds is 4. The summed E-state index contributed by atoms with van der Waals surface area (Å²) in [5.74, 6) is 0.0634. The number of amides is 1. The van der Waals surface area contributed by atoms with E-state index in [1.165, 1.54) is 0 Å². The average molecular weight is 290 g/mol. The molecule has 0 aromatic carbocycles. The minimum Gasteiger partial charge on any atom is -0.348 e. The van der Waals surface area contributed by atoms with Crippen LogP contribution in [-0.4, -0.2) is 15.9 Å². The highest BCUT2D eigenvalue weighted by Gasteiger charge is 2.11. The Hall–Kier alpha value is -1.94. The van der Waals surface area contributed by atoms with E-state index in [1.54, 1.807) is 24.5 Å². The second-order valence-corrected chi connectivity index (χ2v) is 5.18. The first-order valence-corrected chi connectivity index (χ1v) is 6.78. The van der Waals surface area contributed by atoms with Crippen molar-refractivity contribution < 1.29 is 4.79 Å². The van der Waals surface area contributed by atoms with Gasteiger partial charge in [0, 0.05) is 30.2 Å². The number of pyridine rings is 2. The Morgan fingerprint density at radius 3 is 2.65 bits per heavy atom. The Balaban J connectivity index is 2.09. The van der Waals surface area contributed by atoms with Crippen LogP contribution in [0.15, 0.2) is 36.7 Å². The normalized spacial score (nSPS) is 10.6. The number of aromatic nitrogens is 2. The predicted molar refractivity (Wildman–Crippen MR) is 78.7 cm³/mol.